The number of carbonyl (C=O) groups is 1. The number of pyridine rings is 2. The van der Waals surface area contributed by atoms with E-state index in [-0.39, 0.29) is 23.3 Å². The summed E-state index contributed by atoms with van der Waals surface area (Å²) in [7, 11) is 3.42. The Hall–Kier alpha value is -3.42. The summed E-state index contributed by atoms with van der Waals surface area (Å²) < 4.78 is 8.90. The number of aromatic nitrogens is 4. The third-order valence-corrected chi connectivity index (χ3v) is 6.14. The van der Waals surface area contributed by atoms with Crippen LogP contribution in [-0.2, 0) is 13.6 Å². The van der Waals surface area contributed by atoms with Crippen LogP contribution >= 0.6 is 0 Å². The Labute approximate surface area is 173 Å². The fraction of sp³-hybridized carbons (Fsp3) is 0.364. The molecular weight excluding hydrogens is 382 g/mol. The highest BCUT2D eigenvalue weighted by molar-refractivity contribution is 5.94. The monoisotopic (exact) mass is 405 g/mol. The molecular formula is C22H23N5O3. The highest BCUT2D eigenvalue weighted by Gasteiger charge is 2.37. The summed E-state index contributed by atoms with van der Waals surface area (Å²) >= 11 is 0. The van der Waals surface area contributed by atoms with Gasteiger partial charge < -0.3 is 18.8 Å². The first-order valence-corrected chi connectivity index (χ1v) is 10.1. The van der Waals surface area contributed by atoms with Crippen LogP contribution in [0.1, 0.15) is 28.4 Å². The normalized spacial score (nSPS) is 20.0. The lowest BCUT2D eigenvalue weighted by atomic mass is 9.82. The van der Waals surface area contributed by atoms with Crippen molar-refractivity contribution in [2.24, 2.45) is 13.0 Å². The largest absolute Gasteiger partial charge is 0.481 e. The predicted molar refractivity (Wildman–Crippen MR) is 110 cm³/mol. The number of hydrogen-bond acceptors (Lipinski definition) is 5. The first-order valence-electron chi connectivity index (χ1n) is 10.1. The lowest BCUT2D eigenvalue weighted by molar-refractivity contribution is 0.0594. The van der Waals surface area contributed by atoms with E-state index in [0.717, 1.165) is 12.1 Å². The van der Waals surface area contributed by atoms with Gasteiger partial charge >= 0.3 is 0 Å². The number of piperidine rings is 1. The van der Waals surface area contributed by atoms with Gasteiger partial charge in [0.25, 0.3) is 11.5 Å². The number of amides is 1. The van der Waals surface area contributed by atoms with E-state index in [4.69, 9.17) is 4.74 Å². The van der Waals surface area contributed by atoms with Gasteiger partial charge in [0.15, 0.2) is 0 Å². The van der Waals surface area contributed by atoms with Gasteiger partial charge in [-0.2, -0.15) is 0 Å². The Bertz CT molecular complexity index is 1180. The summed E-state index contributed by atoms with van der Waals surface area (Å²) in [5.74, 6) is 1.48. The molecule has 3 aromatic rings. The number of rotatable bonds is 3. The average molecular weight is 405 g/mol. The van der Waals surface area contributed by atoms with Crippen LogP contribution in [0.4, 0.5) is 0 Å². The summed E-state index contributed by atoms with van der Waals surface area (Å²) in [5.41, 5.74) is 2.18. The van der Waals surface area contributed by atoms with Crippen molar-refractivity contribution in [1.82, 2.24) is 24.0 Å². The Morgan fingerprint density at radius 3 is 2.77 bits per heavy atom. The number of likely N-dealkylation sites (tertiary alicyclic amines) is 1. The number of imidazole rings is 1. The van der Waals surface area contributed by atoms with Crippen LogP contribution in [0.5, 0.6) is 5.88 Å². The maximum atomic E-state index is 13.2. The Kier molecular flexibility index (Phi) is 4.42. The molecule has 0 aromatic carbocycles. The maximum absolute atomic E-state index is 13.2. The zero-order valence-electron chi connectivity index (χ0n) is 17.0. The summed E-state index contributed by atoms with van der Waals surface area (Å²) in [6.07, 6.45) is 6.12. The summed E-state index contributed by atoms with van der Waals surface area (Å²) in [6.45, 7) is 1.85. The molecule has 0 unspecified atom stereocenters. The van der Waals surface area contributed by atoms with E-state index in [1.165, 1.54) is 7.11 Å². The smallest absolute Gasteiger partial charge is 0.261 e. The SMILES string of the molecule is COc1cc(C(=O)N2C[C@@H]3C[C@H](C2)c2ccc(-c4nccn4C)c(=O)n2C3)ccn1. The van der Waals surface area contributed by atoms with Crippen molar-refractivity contribution in [3.05, 3.63) is 64.5 Å². The van der Waals surface area contributed by atoms with Crippen LogP contribution in [0.2, 0.25) is 0 Å². The third-order valence-electron chi connectivity index (χ3n) is 6.14. The van der Waals surface area contributed by atoms with Crippen LogP contribution in [0, 0.1) is 5.92 Å². The van der Waals surface area contributed by atoms with Crippen LogP contribution < -0.4 is 10.3 Å². The highest BCUT2D eigenvalue weighted by atomic mass is 16.5. The molecule has 2 aliphatic heterocycles. The number of carbonyl (C=O) groups excluding carboxylic acids is 1. The highest BCUT2D eigenvalue weighted by Crippen LogP contribution is 2.36. The molecule has 2 atom stereocenters. The van der Waals surface area contributed by atoms with E-state index in [1.54, 1.807) is 24.5 Å². The molecule has 30 heavy (non-hydrogen) atoms. The first kappa shape index (κ1) is 18.6. The van der Waals surface area contributed by atoms with Gasteiger partial charge in [0.2, 0.25) is 5.88 Å². The van der Waals surface area contributed by atoms with Crippen LogP contribution in [0.3, 0.4) is 0 Å². The molecule has 2 aliphatic rings. The number of ether oxygens (including phenoxy) is 1. The van der Waals surface area contributed by atoms with Crippen molar-refractivity contribution in [2.45, 2.75) is 18.9 Å². The van der Waals surface area contributed by atoms with Gasteiger partial charge in [0, 0.05) is 68.5 Å². The zero-order chi connectivity index (χ0) is 20.8. The molecule has 8 heteroatoms. The van der Waals surface area contributed by atoms with Gasteiger partial charge in [-0.25, -0.2) is 9.97 Å². The molecule has 1 amide bonds. The van der Waals surface area contributed by atoms with Gasteiger partial charge in [-0.15, -0.1) is 0 Å². The number of aryl methyl sites for hydroxylation is 1. The van der Waals surface area contributed by atoms with Gasteiger partial charge in [-0.3, -0.25) is 9.59 Å². The van der Waals surface area contributed by atoms with Crippen molar-refractivity contribution in [3.8, 4) is 17.3 Å². The van der Waals surface area contributed by atoms with Gasteiger partial charge in [0.05, 0.1) is 12.7 Å². The fourth-order valence-corrected chi connectivity index (χ4v) is 4.74. The molecule has 5 heterocycles. The molecule has 0 saturated carbocycles. The second-order valence-corrected chi connectivity index (χ2v) is 8.05. The average Bonchev–Trinajstić information content (AvgIpc) is 3.19. The minimum Gasteiger partial charge on any atom is -0.481 e. The topological polar surface area (TPSA) is 82.3 Å². The van der Waals surface area contributed by atoms with Crippen LogP contribution in [0.15, 0.2) is 47.7 Å². The van der Waals surface area contributed by atoms with E-state index in [9.17, 15) is 9.59 Å². The second-order valence-electron chi connectivity index (χ2n) is 8.05. The van der Waals surface area contributed by atoms with Crippen molar-refractivity contribution in [1.29, 1.82) is 0 Å². The van der Waals surface area contributed by atoms with E-state index < -0.39 is 0 Å². The fourth-order valence-electron chi connectivity index (χ4n) is 4.74. The minimum absolute atomic E-state index is 0.00449. The minimum atomic E-state index is -0.0224. The molecule has 1 saturated heterocycles. The number of fused-ring (bicyclic) bond motifs is 4. The zero-order valence-corrected chi connectivity index (χ0v) is 17.0. The second kappa shape index (κ2) is 7.12. The Morgan fingerprint density at radius 1 is 1.13 bits per heavy atom. The number of methoxy groups -OCH3 is 1. The Morgan fingerprint density at radius 2 is 2.00 bits per heavy atom. The quantitative estimate of drug-likeness (QED) is 0.665. The summed E-state index contributed by atoms with van der Waals surface area (Å²) in [5, 5.41) is 0. The predicted octanol–water partition coefficient (Wildman–Crippen LogP) is 1.91. The standard InChI is InChI=1S/C22H23N5O3/c1-25-8-7-24-20(25)17-3-4-18-16-9-14(12-27(18)22(17)29)11-26(13-16)21(28)15-5-6-23-19(10-15)30-2/h3-8,10,14,16H,9,11-13H2,1-2H3/t14-,16+/m0/s1. The third kappa shape index (κ3) is 2.99. The first-order chi connectivity index (χ1) is 14.5. The lowest BCUT2D eigenvalue weighted by Gasteiger charge is -2.43. The molecule has 154 valence electrons. The molecule has 0 spiro atoms. The molecule has 0 N–H and O–H groups in total. The van der Waals surface area contributed by atoms with Crippen LogP contribution in [-0.4, -0.2) is 50.1 Å². The van der Waals surface area contributed by atoms with Crippen molar-refractivity contribution < 1.29 is 9.53 Å². The molecule has 8 nitrogen and oxygen atoms in total. The summed E-state index contributed by atoms with van der Waals surface area (Å²) in [6, 6.07) is 7.28. The van der Waals surface area contributed by atoms with E-state index in [0.29, 0.717) is 42.5 Å². The van der Waals surface area contributed by atoms with Gasteiger partial charge in [-0.1, -0.05) is 0 Å². The van der Waals surface area contributed by atoms with Crippen molar-refractivity contribution in [2.75, 3.05) is 20.2 Å². The number of hydrogen-bond donors (Lipinski definition) is 0. The lowest BCUT2D eigenvalue weighted by Crippen LogP contribution is -2.49. The maximum Gasteiger partial charge on any atom is 0.261 e. The van der Waals surface area contributed by atoms with E-state index in [2.05, 4.69) is 9.97 Å². The number of nitrogens with zero attached hydrogens (tertiary/aromatic N) is 5. The van der Waals surface area contributed by atoms with Crippen molar-refractivity contribution in [3.63, 3.8) is 0 Å². The van der Waals surface area contributed by atoms with E-state index >= 15 is 0 Å². The molecule has 3 aromatic heterocycles. The molecule has 5 rings (SSSR count). The molecule has 0 radical (unpaired) electrons. The van der Waals surface area contributed by atoms with E-state index in [1.807, 2.05) is 39.4 Å². The Balaban J connectivity index is 1.45. The molecule has 1 fully saturated rings. The van der Waals surface area contributed by atoms with Gasteiger partial charge in [-0.05, 0) is 30.5 Å². The van der Waals surface area contributed by atoms with Crippen molar-refractivity contribution >= 4 is 5.91 Å². The summed E-state index contributed by atoms with van der Waals surface area (Å²) in [4.78, 5) is 36.6. The molecule has 0 aliphatic carbocycles. The van der Waals surface area contributed by atoms with Gasteiger partial charge in [0.1, 0.15) is 5.82 Å². The van der Waals surface area contributed by atoms with Crippen LogP contribution in [0.25, 0.3) is 11.4 Å². The molecule has 2 bridgehead atoms.